The van der Waals surface area contributed by atoms with Crippen molar-refractivity contribution in [3.8, 4) is 0 Å². The monoisotopic (exact) mass is 324 g/mol. The molecule has 24 heavy (non-hydrogen) atoms. The molecule has 1 aliphatic rings. The molecule has 1 amide bonds. The molecule has 0 bridgehead atoms. The predicted octanol–water partition coefficient (Wildman–Crippen LogP) is 2.55. The van der Waals surface area contributed by atoms with Crippen molar-refractivity contribution in [3.05, 3.63) is 54.4 Å². The van der Waals surface area contributed by atoms with Crippen LogP contribution in [-0.2, 0) is 0 Å². The van der Waals surface area contributed by atoms with Gasteiger partial charge in [-0.25, -0.2) is 4.98 Å². The van der Waals surface area contributed by atoms with E-state index in [9.17, 15) is 4.79 Å². The summed E-state index contributed by atoms with van der Waals surface area (Å²) in [7, 11) is 0. The Bertz CT molecular complexity index is 662. The highest BCUT2D eigenvalue weighted by atomic mass is 16.1. The fourth-order valence-corrected chi connectivity index (χ4v) is 2.91. The molecular formula is C19H24N4O. The van der Waals surface area contributed by atoms with Crippen molar-refractivity contribution in [1.29, 1.82) is 0 Å². The van der Waals surface area contributed by atoms with Gasteiger partial charge in [0.05, 0.1) is 11.9 Å². The number of hydrogen-bond donors (Lipinski definition) is 1. The molecular weight excluding hydrogens is 300 g/mol. The first-order chi connectivity index (χ1) is 11.6. The summed E-state index contributed by atoms with van der Waals surface area (Å²) in [4.78, 5) is 21.0. The fraction of sp³-hybridized carbons (Fsp3) is 0.368. The van der Waals surface area contributed by atoms with Crippen LogP contribution in [0, 0.1) is 0 Å². The quantitative estimate of drug-likeness (QED) is 0.939. The van der Waals surface area contributed by atoms with Crippen LogP contribution in [0.1, 0.15) is 24.3 Å². The fourth-order valence-electron chi connectivity index (χ4n) is 2.91. The smallest absolute Gasteiger partial charge is 0.270 e. The number of nitrogens with zero attached hydrogens (tertiary/aromatic N) is 3. The minimum absolute atomic E-state index is 0.116. The normalized spacial score (nSPS) is 14.8. The Morgan fingerprint density at radius 3 is 2.12 bits per heavy atom. The number of aromatic nitrogens is 1. The van der Waals surface area contributed by atoms with Crippen molar-refractivity contribution < 1.29 is 4.79 Å². The number of carbonyl (C=O) groups is 1. The predicted molar refractivity (Wildman–Crippen MR) is 97.7 cm³/mol. The second-order valence-corrected chi connectivity index (χ2v) is 6.34. The maximum absolute atomic E-state index is 11.9. The lowest BCUT2D eigenvalue weighted by atomic mass is 10.2. The summed E-state index contributed by atoms with van der Waals surface area (Å²) >= 11 is 0. The second kappa shape index (κ2) is 7.34. The Labute approximate surface area is 143 Å². The highest BCUT2D eigenvalue weighted by Crippen LogP contribution is 2.19. The summed E-state index contributed by atoms with van der Waals surface area (Å²) in [6.07, 6.45) is 1.80. The van der Waals surface area contributed by atoms with E-state index in [2.05, 4.69) is 44.4 Å². The summed E-state index contributed by atoms with van der Waals surface area (Å²) in [5.41, 5.74) is 2.81. The Balaban J connectivity index is 1.59. The van der Waals surface area contributed by atoms with Crippen LogP contribution in [0.5, 0.6) is 0 Å². The van der Waals surface area contributed by atoms with Gasteiger partial charge in [0.25, 0.3) is 5.91 Å². The maximum atomic E-state index is 11.9. The van der Waals surface area contributed by atoms with Gasteiger partial charge in [-0.15, -0.1) is 0 Å². The van der Waals surface area contributed by atoms with E-state index >= 15 is 0 Å². The van der Waals surface area contributed by atoms with Gasteiger partial charge in [0, 0.05) is 37.9 Å². The minimum Gasteiger partial charge on any atom is -0.368 e. The Morgan fingerprint density at radius 1 is 0.958 bits per heavy atom. The number of nitrogens with one attached hydrogen (secondary N) is 1. The average molecular weight is 324 g/mol. The van der Waals surface area contributed by atoms with E-state index in [0.717, 1.165) is 31.9 Å². The van der Waals surface area contributed by atoms with Crippen molar-refractivity contribution >= 4 is 17.3 Å². The zero-order chi connectivity index (χ0) is 16.9. The van der Waals surface area contributed by atoms with Gasteiger partial charge in [-0.1, -0.05) is 18.2 Å². The molecule has 0 radical (unpaired) electrons. The third kappa shape index (κ3) is 3.85. The van der Waals surface area contributed by atoms with E-state index in [0.29, 0.717) is 5.69 Å². The maximum Gasteiger partial charge on any atom is 0.270 e. The van der Waals surface area contributed by atoms with E-state index in [1.54, 1.807) is 12.3 Å². The molecule has 0 spiro atoms. The first-order valence-electron chi connectivity index (χ1n) is 8.45. The summed E-state index contributed by atoms with van der Waals surface area (Å²) in [6.45, 7) is 7.76. The van der Waals surface area contributed by atoms with Crippen LogP contribution < -0.4 is 15.1 Å². The van der Waals surface area contributed by atoms with Crippen LogP contribution in [0.2, 0.25) is 0 Å². The number of hydrogen-bond acceptors (Lipinski definition) is 4. The lowest BCUT2D eigenvalue weighted by molar-refractivity contribution is 0.0938. The molecule has 0 unspecified atom stereocenters. The van der Waals surface area contributed by atoms with Crippen molar-refractivity contribution in [3.63, 3.8) is 0 Å². The standard InChI is InChI=1S/C19H24N4O/c1-15(2)21-19(24)18-9-8-17(14-20-18)23-12-10-22(11-13-23)16-6-4-3-5-7-16/h3-9,14-15H,10-13H2,1-2H3,(H,21,24). The molecule has 1 fully saturated rings. The molecule has 2 heterocycles. The molecule has 1 aromatic heterocycles. The number of anilines is 2. The molecule has 5 heteroatoms. The minimum atomic E-state index is -0.120. The van der Waals surface area contributed by atoms with Crippen LogP contribution in [0.3, 0.4) is 0 Å². The number of para-hydroxylation sites is 1. The lowest BCUT2D eigenvalue weighted by Crippen LogP contribution is -2.46. The molecule has 3 rings (SSSR count). The zero-order valence-corrected chi connectivity index (χ0v) is 14.3. The van der Waals surface area contributed by atoms with Crippen molar-refractivity contribution in [2.24, 2.45) is 0 Å². The third-order valence-corrected chi connectivity index (χ3v) is 4.17. The summed E-state index contributed by atoms with van der Waals surface area (Å²) in [5, 5.41) is 2.86. The third-order valence-electron chi connectivity index (χ3n) is 4.17. The van der Waals surface area contributed by atoms with E-state index in [4.69, 9.17) is 0 Å². The SMILES string of the molecule is CC(C)NC(=O)c1ccc(N2CCN(c3ccccc3)CC2)cn1. The van der Waals surface area contributed by atoms with Gasteiger partial charge in [-0.2, -0.15) is 0 Å². The first kappa shape index (κ1) is 16.3. The van der Waals surface area contributed by atoms with E-state index in [-0.39, 0.29) is 11.9 Å². The van der Waals surface area contributed by atoms with E-state index in [1.807, 2.05) is 26.0 Å². The molecule has 1 aliphatic heterocycles. The molecule has 0 atom stereocenters. The van der Waals surface area contributed by atoms with Gasteiger partial charge in [-0.3, -0.25) is 4.79 Å². The molecule has 5 nitrogen and oxygen atoms in total. The second-order valence-electron chi connectivity index (χ2n) is 6.34. The van der Waals surface area contributed by atoms with Gasteiger partial charge < -0.3 is 15.1 Å². The van der Waals surface area contributed by atoms with Gasteiger partial charge in [0.2, 0.25) is 0 Å². The number of benzene rings is 1. The van der Waals surface area contributed by atoms with Crippen LogP contribution in [0.25, 0.3) is 0 Å². The first-order valence-corrected chi connectivity index (χ1v) is 8.45. The van der Waals surface area contributed by atoms with Gasteiger partial charge in [0.15, 0.2) is 0 Å². The Morgan fingerprint density at radius 2 is 1.58 bits per heavy atom. The van der Waals surface area contributed by atoms with Crippen molar-refractivity contribution in [1.82, 2.24) is 10.3 Å². The van der Waals surface area contributed by atoms with Crippen molar-refractivity contribution in [2.75, 3.05) is 36.0 Å². The molecule has 1 saturated heterocycles. The highest BCUT2D eigenvalue weighted by Gasteiger charge is 2.18. The Kier molecular flexibility index (Phi) is 4.99. The molecule has 0 saturated carbocycles. The topological polar surface area (TPSA) is 48.5 Å². The van der Waals surface area contributed by atoms with Crippen LogP contribution in [0.15, 0.2) is 48.7 Å². The number of pyridine rings is 1. The van der Waals surface area contributed by atoms with Gasteiger partial charge in [-0.05, 0) is 38.1 Å². The number of amides is 1. The summed E-state index contributed by atoms with van der Waals surface area (Å²) in [5.74, 6) is -0.120. The van der Waals surface area contributed by atoms with E-state index < -0.39 is 0 Å². The largest absolute Gasteiger partial charge is 0.368 e. The number of carbonyl (C=O) groups excluding carboxylic acids is 1. The van der Waals surface area contributed by atoms with Gasteiger partial charge in [0.1, 0.15) is 5.69 Å². The number of piperazine rings is 1. The lowest BCUT2D eigenvalue weighted by Gasteiger charge is -2.37. The zero-order valence-electron chi connectivity index (χ0n) is 14.3. The van der Waals surface area contributed by atoms with Crippen LogP contribution >= 0.6 is 0 Å². The van der Waals surface area contributed by atoms with Crippen LogP contribution in [0.4, 0.5) is 11.4 Å². The molecule has 1 aromatic carbocycles. The van der Waals surface area contributed by atoms with Crippen LogP contribution in [-0.4, -0.2) is 43.1 Å². The molecule has 0 aliphatic carbocycles. The number of rotatable bonds is 4. The highest BCUT2D eigenvalue weighted by molar-refractivity contribution is 5.92. The summed E-state index contributed by atoms with van der Waals surface area (Å²) < 4.78 is 0. The van der Waals surface area contributed by atoms with E-state index in [1.165, 1.54) is 5.69 Å². The molecule has 2 aromatic rings. The van der Waals surface area contributed by atoms with Gasteiger partial charge >= 0.3 is 0 Å². The average Bonchev–Trinajstić information content (AvgIpc) is 2.62. The molecule has 1 N–H and O–H groups in total. The van der Waals surface area contributed by atoms with Crippen molar-refractivity contribution in [2.45, 2.75) is 19.9 Å². The summed E-state index contributed by atoms with van der Waals surface area (Å²) in [6, 6.07) is 14.4. The Hall–Kier alpha value is -2.56. The molecule has 126 valence electrons.